The highest BCUT2D eigenvalue weighted by molar-refractivity contribution is 6.62. The van der Waals surface area contributed by atoms with Gasteiger partial charge in [0.05, 0.1) is 0 Å². The van der Waals surface area contributed by atoms with E-state index in [-0.39, 0.29) is 0 Å². The van der Waals surface area contributed by atoms with Crippen molar-refractivity contribution in [2.24, 2.45) is 5.92 Å². The van der Waals surface area contributed by atoms with E-state index in [2.05, 4.69) is 23.8 Å². The van der Waals surface area contributed by atoms with Crippen molar-refractivity contribution in [1.29, 1.82) is 0 Å². The van der Waals surface area contributed by atoms with E-state index >= 15 is 0 Å². The maximum Gasteiger partial charge on any atom is 0.517 e. The lowest BCUT2D eigenvalue weighted by molar-refractivity contribution is 0.144. The third-order valence-corrected chi connectivity index (χ3v) is 6.55. The molecule has 0 amide bonds. The fourth-order valence-electron chi connectivity index (χ4n) is 2.69. The van der Waals surface area contributed by atoms with Crippen LogP contribution in [0.5, 0.6) is 0 Å². The molecular formula is C13H30N2O2Si. The molecule has 0 aromatic heterocycles. The van der Waals surface area contributed by atoms with Gasteiger partial charge in [-0.05, 0) is 39.2 Å². The average molecular weight is 274 g/mol. The Bertz CT molecular complexity index is 212. The third kappa shape index (κ3) is 4.62. The Morgan fingerprint density at radius 3 is 2.17 bits per heavy atom. The van der Waals surface area contributed by atoms with Crippen LogP contribution in [-0.2, 0) is 8.85 Å². The molecule has 2 atom stereocenters. The van der Waals surface area contributed by atoms with Gasteiger partial charge in [0.25, 0.3) is 0 Å². The first-order valence-corrected chi connectivity index (χ1v) is 9.29. The van der Waals surface area contributed by atoms with Gasteiger partial charge in [-0.25, -0.2) is 0 Å². The van der Waals surface area contributed by atoms with Gasteiger partial charge in [-0.2, -0.15) is 0 Å². The zero-order valence-corrected chi connectivity index (χ0v) is 13.4. The van der Waals surface area contributed by atoms with E-state index in [1.807, 2.05) is 13.8 Å². The van der Waals surface area contributed by atoms with Gasteiger partial charge in [0.1, 0.15) is 0 Å². The van der Waals surface area contributed by atoms with Crippen LogP contribution >= 0.6 is 0 Å². The SMILES string of the molecule is CCN[Si](NC1CCCCC1C)(OCC)OCC. The molecule has 0 aliphatic heterocycles. The molecule has 1 aliphatic carbocycles. The van der Waals surface area contributed by atoms with Crippen molar-refractivity contribution in [3.8, 4) is 0 Å². The van der Waals surface area contributed by atoms with E-state index in [1.54, 1.807) is 0 Å². The maximum atomic E-state index is 5.96. The molecule has 1 aliphatic rings. The number of hydrogen-bond donors (Lipinski definition) is 2. The monoisotopic (exact) mass is 274 g/mol. The topological polar surface area (TPSA) is 42.5 Å². The number of nitrogens with one attached hydrogen (secondary N) is 2. The summed E-state index contributed by atoms with van der Waals surface area (Å²) in [6.45, 7) is 10.8. The van der Waals surface area contributed by atoms with Crippen molar-refractivity contribution < 1.29 is 8.85 Å². The Balaban J connectivity index is 2.67. The lowest BCUT2D eigenvalue weighted by atomic mass is 9.87. The predicted octanol–water partition coefficient (Wildman–Crippen LogP) is 2.27. The van der Waals surface area contributed by atoms with Crippen molar-refractivity contribution in [3.05, 3.63) is 0 Å². The van der Waals surface area contributed by atoms with E-state index in [4.69, 9.17) is 8.85 Å². The summed E-state index contributed by atoms with van der Waals surface area (Å²) in [7, 11) is -2.42. The summed E-state index contributed by atoms with van der Waals surface area (Å²) in [6, 6.07) is 0.530. The third-order valence-electron chi connectivity index (χ3n) is 3.59. The molecule has 4 nitrogen and oxygen atoms in total. The van der Waals surface area contributed by atoms with Crippen molar-refractivity contribution in [2.45, 2.75) is 59.4 Å². The molecule has 0 radical (unpaired) electrons. The first-order valence-electron chi connectivity index (χ1n) is 7.48. The van der Waals surface area contributed by atoms with Gasteiger partial charge >= 0.3 is 8.88 Å². The standard InChI is InChI=1S/C13H30N2O2Si/c1-5-14-18(16-6-2,17-7-3)15-13-11-9-8-10-12(13)4/h12-15H,5-11H2,1-4H3. The van der Waals surface area contributed by atoms with Gasteiger partial charge in [-0.15, -0.1) is 0 Å². The largest absolute Gasteiger partial charge is 0.517 e. The summed E-state index contributed by atoms with van der Waals surface area (Å²) in [6.07, 6.45) is 5.23. The molecule has 0 saturated heterocycles. The second-order valence-corrected chi connectivity index (χ2v) is 7.48. The average Bonchev–Trinajstić information content (AvgIpc) is 2.33. The molecule has 5 heteroatoms. The molecule has 0 aromatic carbocycles. The van der Waals surface area contributed by atoms with E-state index < -0.39 is 8.88 Å². The molecule has 0 bridgehead atoms. The Morgan fingerprint density at radius 2 is 1.67 bits per heavy atom. The van der Waals surface area contributed by atoms with Crippen LogP contribution in [0, 0.1) is 5.92 Å². The number of hydrogen-bond acceptors (Lipinski definition) is 4. The van der Waals surface area contributed by atoms with Gasteiger partial charge in [-0.3, -0.25) is 9.96 Å². The van der Waals surface area contributed by atoms with E-state index in [9.17, 15) is 0 Å². The first-order chi connectivity index (χ1) is 8.67. The van der Waals surface area contributed by atoms with Crippen molar-refractivity contribution in [1.82, 2.24) is 9.96 Å². The molecule has 1 fully saturated rings. The lowest BCUT2D eigenvalue weighted by Gasteiger charge is -2.38. The smallest absolute Gasteiger partial charge is 0.371 e. The Labute approximate surface area is 113 Å². The summed E-state index contributed by atoms with van der Waals surface area (Å²) in [4.78, 5) is 7.15. The van der Waals surface area contributed by atoms with Gasteiger partial charge in [0.15, 0.2) is 0 Å². The van der Waals surface area contributed by atoms with Crippen molar-refractivity contribution >= 4 is 8.88 Å². The minimum absolute atomic E-state index is 0.530. The van der Waals surface area contributed by atoms with Crippen molar-refractivity contribution in [3.63, 3.8) is 0 Å². The Hall–Kier alpha value is 0.0569. The Morgan fingerprint density at radius 1 is 1.06 bits per heavy atom. The van der Waals surface area contributed by atoms with Crippen LogP contribution < -0.4 is 9.96 Å². The molecular weight excluding hydrogens is 244 g/mol. The van der Waals surface area contributed by atoms with Gasteiger partial charge < -0.3 is 8.85 Å². The van der Waals surface area contributed by atoms with E-state index in [0.29, 0.717) is 25.2 Å². The van der Waals surface area contributed by atoms with Crippen molar-refractivity contribution in [2.75, 3.05) is 19.8 Å². The molecule has 0 spiro atoms. The molecule has 0 heterocycles. The fraction of sp³-hybridized carbons (Fsp3) is 1.00. The van der Waals surface area contributed by atoms with Gasteiger partial charge in [-0.1, -0.05) is 26.7 Å². The minimum Gasteiger partial charge on any atom is -0.371 e. The normalized spacial score (nSPS) is 25.3. The van der Waals surface area contributed by atoms with Crippen LogP contribution in [0.25, 0.3) is 0 Å². The first kappa shape index (κ1) is 16.1. The summed E-state index contributed by atoms with van der Waals surface area (Å²) >= 11 is 0. The molecule has 18 heavy (non-hydrogen) atoms. The molecule has 1 rings (SSSR count). The van der Waals surface area contributed by atoms with E-state index in [0.717, 1.165) is 6.54 Å². The second-order valence-electron chi connectivity index (χ2n) is 5.03. The predicted molar refractivity (Wildman–Crippen MR) is 77.2 cm³/mol. The molecule has 1 saturated carbocycles. The Kier molecular flexibility index (Phi) is 7.40. The van der Waals surface area contributed by atoms with Crippen LogP contribution in [0.4, 0.5) is 0 Å². The summed E-state index contributed by atoms with van der Waals surface area (Å²) in [5.74, 6) is 0.713. The zero-order chi connectivity index (χ0) is 13.4. The summed E-state index contributed by atoms with van der Waals surface area (Å²) < 4.78 is 11.9. The van der Waals surface area contributed by atoms with Crippen LogP contribution in [0.2, 0.25) is 0 Å². The highest BCUT2D eigenvalue weighted by atomic mass is 28.4. The van der Waals surface area contributed by atoms with Crippen LogP contribution in [0.3, 0.4) is 0 Å². The summed E-state index contributed by atoms with van der Waals surface area (Å²) in [5.41, 5.74) is 0. The molecule has 2 N–H and O–H groups in total. The van der Waals surface area contributed by atoms with E-state index in [1.165, 1.54) is 25.7 Å². The second kappa shape index (κ2) is 8.27. The van der Waals surface area contributed by atoms with Gasteiger partial charge in [0, 0.05) is 19.3 Å². The van der Waals surface area contributed by atoms with Crippen LogP contribution in [-0.4, -0.2) is 34.7 Å². The maximum absolute atomic E-state index is 5.96. The van der Waals surface area contributed by atoms with Gasteiger partial charge in [0.2, 0.25) is 0 Å². The highest BCUT2D eigenvalue weighted by Gasteiger charge is 2.42. The number of rotatable bonds is 8. The zero-order valence-electron chi connectivity index (χ0n) is 12.4. The highest BCUT2D eigenvalue weighted by Crippen LogP contribution is 2.24. The quantitative estimate of drug-likeness (QED) is 0.666. The lowest BCUT2D eigenvalue weighted by Crippen LogP contribution is -2.70. The summed E-state index contributed by atoms with van der Waals surface area (Å²) in [5, 5.41) is 0. The fourth-order valence-corrected chi connectivity index (χ4v) is 5.44. The molecule has 108 valence electrons. The van der Waals surface area contributed by atoms with Crippen LogP contribution in [0.15, 0.2) is 0 Å². The molecule has 0 aromatic rings. The minimum atomic E-state index is -2.42. The molecule has 2 unspecified atom stereocenters. The van der Waals surface area contributed by atoms with Crippen LogP contribution in [0.1, 0.15) is 53.4 Å².